The van der Waals surface area contributed by atoms with Crippen LogP contribution >= 0.6 is 27.3 Å². The van der Waals surface area contributed by atoms with Crippen LogP contribution in [0.3, 0.4) is 0 Å². The quantitative estimate of drug-likeness (QED) is 0.158. The van der Waals surface area contributed by atoms with Crippen molar-refractivity contribution in [1.82, 2.24) is 4.57 Å². The van der Waals surface area contributed by atoms with Gasteiger partial charge in [-0.3, -0.25) is 9.36 Å². The maximum atomic E-state index is 14.3. The number of esters is 1. The minimum atomic E-state index is -0.844. The van der Waals surface area contributed by atoms with Crippen LogP contribution in [0.2, 0.25) is 0 Å². The third kappa shape index (κ3) is 6.65. The van der Waals surface area contributed by atoms with E-state index in [4.69, 9.17) is 23.9 Å². The van der Waals surface area contributed by atoms with Gasteiger partial charge in [0.1, 0.15) is 12.4 Å². The lowest BCUT2D eigenvalue weighted by Gasteiger charge is -2.26. The number of hydrogen-bond donors (Lipinski definition) is 0. The molecule has 4 aromatic carbocycles. The zero-order chi connectivity index (χ0) is 32.9. The Balaban J connectivity index is 1.50. The van der Waals surface area contributed by atoms with Crippen molar-refractivity contribution >= 4 is 45.0 Å². The molecule has 0 amide bonds. The van der Waals surface area contributed by atoms with Crippen LogP contribution in [0.15, 0.2) is 117 Å². The first-order valence-corrected chi connectivity index (χ1v) is 16.5. The van der Waals surface area contributed by atoms with Crippen molar-refractivity contribution in [2.24, 2.45) is 4.99 Å². The van der Waals surface area contributed by atoms with Crippen LogP contribution < -0.4 is 29.1 Å². The summed E-state index contributed by atoms with van der Waals surface area (Å²) in [5.74, 6) is 1.12. The Morgan fingerprint density at radius 3 is 2.30 bits per heavy atom. The highest BCUT2D eigenvalue weighted by Crippen LogP contribution is 2.38. The van der Waals surface area contributed by atoms with E-state index >= 15 is 0 Å². The first kappa shape index (κ1) is 32.0. The molecule has 0 N–H and O–H groups in total. The van der Waals surface area contributed by atoms with Crippen molar-refractivity contribution in [3.8, 4) is 17.2 Å². The van der Waals surface area contributed by atoms with Crippen molar-refractivity contribution in [2.45, 2.75) is 19.6 Å². The third-order valence-electron chi connectivity index (χ3n) is 7.59. The molecule has 238 valence electrons. The lowest BCUT2D eigenvalue weighted by atomic mass is 9.93. The van der Waals surface area contributed by atoms with Gasteiger partial charge in [0.15, 0.2) is 16.3 Å². The van der Waals surface area contributed by atoms with Gasteiger partial charge in [-0.25, -0.2) is 9.79 Å². The van der Waals surface area contributed by atoms with E-state index in [1.165, 1.54) is 11.3 Å². The van der Waals surface area contributed by atoms with Crippen molar-refractivity contribution < 1.29 is 23.7 Å². The summed E-state index contributed by atoms with van der Waals surface area (Å²) in [6.45, 7) is 2.34. The summed E-state index contributed by atoms with van der Waals surface area (Å²) in [5.41, 5.74) is 3.64. The Bertz CT molecular complexity index is 2140. The molecule has 1 aromatic heterocycles. The first-order chi connectivity index (χ1) is 22.9. The van der Waals surface area contributed by atoms with E-state index in [-0.39, 0.29) is 17.7 Å². The van der Waals surface area contributed by atoms with Crippen LogP contribution in [0.4, 0.5) is 0 Å². The highest BCUT2D eigenvalue weighted by atomic mass is 79.9. The fourth-order valence-corrected chi connectivity index (χ4v) is 6.90. The Morgan fingerprint density at radius 1 is 0.915 bits per heavy atom. The highest BCUT2D eigenvalue weighted by Gasteiger charge is 2.35. The van der Waals surface area contributed by atoms with Crippen LogP contribution in [0.5, 0.6) is 17.2 Å². The van der Waals surface area contributed by atoms with E-state index in [2.05, 4.69) is 15.9 Å². The number of benzene rings is 4. The maximum Gasteiger partial charge on any atom is 0.338 e. The van der Waals surface area contributed by atoms with Gasteiger partial charge in [0.25, 0.3) is 5.56 Å². The summed E-state index contributed by atoms with van der Waals surface area (Å²) in [4.78, 5) is 33.4. The Labute approximate surface area is 284 Å². The molecule has 5 aromatic rings. The summed E-state index contributed by atoms with van der Waals surface area (Å²) in [6.07, 6.45) is 1.82. The number of hydrogen-bond acceptors (Lipinski definition) is 8. The summed E-state index contributed by atoms with van der Waals surface area (Å²) < 4.78 is 25.4. The number of rotatable bonds is 10. The van der Waals surface area contributed by atoms with E-state index < -0.39 is 12.0 Å². The SMILES string of the molecule is CCOC(=O)C1=C(c2ccccc2)N=c2s/c(=C\c3ccc(OCc4ccccc4)c(Br)c3)c(=O)n2[C@H]1c1ccc(OC)c(OC)c1. The number of nitrogens with zero attached hydrogens (tertiary/aromatic N) is 2. The fraction of sp³-hybridized carbons (Fsp3) is 0.162. The van der Waals surface area contributed by atoms with Crippen LogP contribution in [-0.4, -0.2) is 31.4 Å². The molecular formula is C37H31BrN2O6S. The second-order valence-corrected chi connectivity index (χ2v) is 12.4. The Hall–Kier alpha value is -4.93. The third-order valence-corrected chi connectivity index (χ3v) is 9.19. The predicted octanol–water partition coefficient (Wildman–Crippen LogP) is 6.29. The molecule has 10 heteroatoms. The molecular weight excluding hydrogens is 680 g/mol. The monoisotopic (exact) mass is 710 g/mol. The first-order valence-electron chi connectivity index (χ1n) is 14.9. The number of carbonyl (C=O) groups is 1. The van der Waals surface area contributed by atoms with Gasteiger partial charge < -0.3 is 18.9 Å². The lowest BCUT2D eigenvalue weighted by Crippen LogP contribution is -2.40. The molecule has 47 heavy (non-hydrogen) atoms. The number of aromatic nitrogens is 1. The van der Waals surface area contributed by atoms with E-state index in [0.29, 0.717) is 44.4 Å². The van der Waals surface area contributed by atoms with Gasteiger partial charge in [-0.1, -0.05) is 84.1 Å². The van der Waals surface area contributed by atoms with Gasteiger partial charge in [0.2, 0.25) is 0 Å². The number of halogens is 1. The zero-order valence-corrected chi connectivity index (χ0v) is 28.3. The molecule has 0 radical (unpaired) electrons. The number of carbonyl (C=O) groups excluding carboxylic acids is 1. The van der Waals surface area contributed by atoms with Gasteiger partial charge in [0.05, 0.1) is 47.1 Å². The summed E-state index contributed by atoms with van der Waals surface area (Å²) >= 11 is 4.88. The molecule has 8 nitrogen and oxygen atoms in total. The molecule has 0 saturated carbocycles. The zero-order valence-electron chi connectivity index (χ0n) is 25.9. The van der Waals surface area contributed by atoms with Gasteiger partial charge in [-0.2, -0.15) is 0 Å². The van der Waals surface area contributed by atoms with Crippen molar-refractivity contribution in [1.29, 1.82) is 0 Å². The predicted molar refractivity (Wildman–Crippen MR) is 186 cm³/mol. The minimum Gasteiger partial charge on any atom is -0.493 e. The normalized spacial score (nSPS) is 14.3. The van der Waals surface area contributed by atoms with Gasteiger partial charge in [-0.05, 0) is 69.9 Å². The van der Waals surface area contributed by atoms with Crippen LogP contribution in [-0.2, 0) is 16.1 Å². The Kier molecular flexibility index (Phi) is 9.70. The van der Waals surface area contributed by atoms with Crippen LogP contribution in [0.1, 0.15) is 35.2 Å². The molecule has 0 unspecified atom stereocenters. The topological polar surface area (TPSA) is 88.4 Å². The van der Waals surface area contributed by atoms with Crippen LogP contribution in [0.25, 0.3) is 11.8 Å². The molecule has 0 spiro atoms. The fourth-order valence-electron chi connectivity index (χ4n) is 5.39. The van der Waals surface area contributed by atoms with Gasteiger partial charge in [0, 0.05) is 5.56 Å². The molecule has 6 rings (SSSR count). The molecule has 0 aliphatic carbocycles. The second-order valence-electron chi connectivity index (χ2n) is 10.5. The average Bonchev–Trinajstić information content (AvgIpc) is 3.41. The number of fused-ring (bicyclic) bond motifs is 1. The van der Waals surface area contributed by atoms with E-state index in [9.17, 15) is 9.59 Å². The molecule has 0 fully saturated rings. The summed E-state index contributed by atoms with van der Waals surface area (Å²) in [5, 5.41) is 0. The number of thiazole rings is 1. The standard InChI is InChI=1S/C37H31BrN2O6S/c1-4-45-36(42)32-33(25-13-9-6-10-14-25)39-37-40(34(32)26-16-18-29(43-2)30(21-26)44-3)35(41)31(47-37)20-24-15-17-28(27(38)19-24)46-22-23-11-7-5-8-12-23/h5-21,34H,4,22H2,1-3H3/b31-20-/t34-/m0/s1. The van der Waals surface area contributed by atoms with Crippen molar-refractivity contribution in [2.75, 3.05) is 20.8 Å². The van der Waals surface area contributed by atoms with E-state index in [0.717, 1.165) is 21.2 Å². The smallest absolute Gasteiger partial charge is 0.338 e. The molecule has 1 aliphatic heterocycles. The molecule has 0 bridgehead atoms. The number of methoxy groups -OCH3 is 2. The van der Waals surface area contributed by atoms with Crippen molar-refractivity contribution in [3.63, 3.8) is 0 Å². The molecule has 2 heterocycles. The summed E-state index contributed by atoms with van der Waals surface area (Å²) in [7, 11) is 3.10. The minimum absolute atomic E-state index is 0.160. The number of ether oxygens (including phenoxy) is 4. The highest BCUT2D eigenvalue weighted by molar-refractivity contribution is 9.10. The average molecular weight is 712 g/mol. The van der Waals surface area contributed by atoms with Crippen molar-refractivity contribution in [3.05, 3.63) is 149 Å². The molecule has 0 saturated heterocycles. The second kappa shape index (κ2) is 14.2. The molecule has 1 atom stereocenters. The maximum absolute atomic E-state index is 14.3. The Morgan fingerprint density at radius 2 is 1.62 bits per heavy atom. The molecule has 1 aliphatic rings. The van der Waals surface area contributed by atoms with Gasteiger partial charge in [-0.15, -0.1) is 0 Å². The van der Waals surface area contributed by atoms with Crippen LogP contribution in [0, 0.1) is 0 Å². The largest absolute Gasteiger partial charge is 0.493 e. The summed E-state index contributed by atoms with van der Waals surface area (Å²) in [6, 6.07) is 29.5. The van der Waals surface area contributed by atoms with E-state index in [1.54, 1.807) is 37.8 Å². The van der Waals surface area contributed by atoms with E-state index in [1.807, 2.05) is 91.0 Å². The lowest BCUT2D eigenvalue weighted by molar-refractivity contribution is -0.138. The van der Waals surface area contributed by atoms with Gasteiger partial charge >= 0.3 is 5.97 Å².